The first-order chi connectivity index (χ1) is 9.34. The molecule has 1 fully saturated rings. The van der Waals surface area contributed by atoms with Crippen LogP contribution in [0.25, 0.3) is 0 Å². The van der Waals surface area contributed by atoms with Crippen molar-refractivity contribution in [3.63, 3.8) is 0 Å². The third-order valence-electron chi connectivity index (χ3n) is 3.46. The Hall–Kier alpha value is -1.54. The Bertz CT molecular complexity index is 632. The maximum atomic E-state index is 13.3. The first-order valence-corrected chi connectivity index (χ1v) is 7.74. The summed E-state index contributed by atoms with van der Waals surface area (Å²) >= 11 is 0. The van der Waals surface area contributed by atoms with Gasteiger partial charge in [0, 0.05) is 18.7 Å². The van der Waals surface area contributed by atoms with Crippen LogP contribution in [-0.2, 0) is 10.0 Å². The summed E-state index contributed by atoms with van der Waals surface area (Å²) in [7, 11) is -3.82. The summed E-state index contributed by atoms with van der Waals surface area (Å²) in [5.74, 6) is -1.04. The quantitative estimate of drug-likeness (QED) is 0.634. The van der Waals surface area contributed by atoms with Gasteiger partial charge in [0.05, 0.1) is 9.82 Å². The highest BCUT2D eigenvalue weighted by atomic mass is 32.2. The van der Waals surface area contributed by atoms with Crippen molar-refractivity contribution in [2.45, 2.75) is 37.1 Å². The molecule has 0 aromatic heterocycles. The first-order valence-electron chi connectivity index (χ1n) is 6.30. The molecule has 1 aromatic carbocycles. The summed E-state index contributed by atoms with van der Waals surface area (Å²) in [6.45, 7) is 2.18. The number of piperidine rings is 1. The highest BCUT2D eigenvalue weighted by Crippen LogP contribution is 2.28. The van der Waals surface area contributed by atoms with Gasteiger partial charge in [-0.3, -0.25) is 10.1 Å². The monoisotopic (exact) mass is 302 g/mol. The summed E-state index contributed by atoms with van der Waals surface area (Å²) < 4.78 is 39.5. The molecule has 8 heteroatoms. The Morgan fingerprint density at radius 2 is 2.10 bits per heavy atom. The van der Waals surface area contributed by atoms with E-state index < -0.39 is 26.5 Å². The van der Waals surface area contributed by atoms with Gasteiger partial charge in [0.15, 0.2) is 0 Å². The van der Waals surface area contributed by atoms with E-state index in [-0.39, 0.29) is 10.9 Å². The molecule has 1 atom stereocenters. The minimum Gasteiger partial charge on any atom is -0.258 e. The predicted octanol–water partition coefficient (Wildman–Crippen LogP) is 2.30. The molecule has 0 N–H and O–H groups in total. The molecular formula is C12H15FN2O4S. The number of hydrogen-bond donors (Lipinski definition) is 0. The Kier molecular flexibility index (Phi) is 4.05. The van der Waals surface area contributed by atoms with Gasteiger partial charge in [-0.1, -0.05) is 6.42 Å². The topological polar surface area (TPSA) is 80.5 Å². The van der Waals surface area contributed by atoms with Gasteiger partial charge in [-0.15, -0.1) is 0 Å². The van der Waals surface area contributed by atoms with Crippen molar-refractivity contribution in [1.82, 2.24) is 4.31 Å². The molecule has 0 unspecified atom stereocenters. The van der Waals surface area contributed by atoms with Crippen LogP contribution in [0.15, 0.2) is 23.1 Å². The van der Waals surface area contributed by atoms with E-state index >= 15 is 0 Å². The summed E-state index contributed by atoms with van der Waals surface area (Å²) in [4.78, 5) is 9.54. The highest BCUT2D eigenvalue weighted by molar-refractivity contribution is 7.89. The lowest BCUT2D eigenvalue weighted by molar-refractivity contribution is -0.387. The number of sulfonamides is 1. The number of halogens is 1. The number of rotatable bonds is 3. The van der Waals surface area contributed by atoms with E-state index in [9.17, 15) is 22.9 Å². The van der Waals surface area contributed by atoms with E-state index in [4.69, 9.17) is 0 Å². The standard InChI is InChI=1S/C12H15FN2O4S/c1-9-4-2-3-7-14(9)20(18,19)10-5-6-11(13)12(8-10)15(16)17/h5-6,8-9H,2-4,7H2,1H3/t9-/m0/s1. The normalized spacial score (nSPS) is 20.8. The maximum absolute atomic E-state index is 13.3. The summed E-state index contributed by atoms with van der Waals surface area (Å²) in [6, 6.07) is 2.52. The third-order valence-corrected chi connectivity index (χ3v) is 5.47. The van der Waals surface area contributed by atoms with E-state index in [2.05, 4.69) is 0 Å². The van der Waals surface area contributed by atoms with Crippen LogP contribution in [0, 0.1) is 15.9 Å². The minimum absolute atomic E-state index is 0.155. The van der Waals surface area contributed by atoms with Crippen LogP contribution in [0.5, 0.6) is 0 Å². The van der Waals surface area contributed by atoms with E-state index in [0.717, 1.165) is 37.5 Å². The van der Waals surface area contributed by atoms with Gasteiger partial charge < -0.3 is 0 Å². The predicted molar refractivity (Wildman–Crippen MR) is 70.3 cm³/mol. The van der Waals surface area contributed by atoms with Crippen LogP contribution in [-0.4, -0.2) is 30.2 Å². The Labute approximate surface area is 116 Å². The molecule has 1 heterocycles. The van der Waals surface area contributed by atoms with E-state index in [0.29, 0.717) is 6.54 Å². The molecular weight excluding hydrogens is 287 g/mol. The molecule has 2 rings (SSSR count). The number of hydrogen-bond acceptors (Lipinski definition) is 4. The first kappa shape index (κ1) is 14.9. The molecule has 20 heavy (non-hydrogen) atoms. The molecule has 110 valence electrons. The van der Waals surface area contributed by atoms with Crippen molar-refractivity contribution < 1.29 is 17.7 Å². The molecule has 0 amide bonds. The maximum Gasteiger partial charge on any atom is 0.306 e. The van der Waals surface area contributed by atoms with Crippen LogP contribution >= 0.6 is 0 Å². The van der Waals surface area contributed by atoms with Gasteiger partial charge in [0.2, 0.25) is 15.8 Å². The van der Waals surface area contributed by atoms with Crippen molar-refractivity contribution in [2.24, 2.45) is 0 Å². The average Bonchev–Trinajstić information content (AvgIpc) is 2.38. The fraction of sp³-hybridized carbons (Fsp3) is 0.500. The lowest BCUT2D eigenvalue weighted by atomic mass is 10.1. The number of nitrogens with zero attached hydrogens (tertiary/aromatic N) is 2. The molecule has 1 saturated heterocycles. The largest absolute Gasteiger partial charge is 0.306 e. The number of nitro groups is 1. The molecule has 0 radical (unpaired) electrons. The molecule has 0 bridgehead atoms. The fourth-order valence-electron chi connectivity index (χ4n) is 2.36. The molecule has 1 aromatic rings. The van der Waals surface area contributed by atoms with Crippen molar-refractivity contribution >= 4 is 15.7 Å². The second kappa shape index (κ2) is 5.45. The van der Waals surface area contributed by atoms with Gasteiger partial charge >= 0.3 is 5.69 Å². The van der Waals surface area contributed by atoms with Gasteiger partial charge in [-0.2, -0.15) is 8.70 Å². The van der Waals surface area contributed by atoms with Crippen molar-refractivity contribution in [3.8, 4) is 0 Å². The van der Waals surface area contributed by atoms with Gasteiger partial charge in [-0.25, -0.2) is 8.42 Å². The number of nitro benzene ring substituents is 1. The van der Waals surface area contributed by atoms with Crippen LogP contribution in [0.1, 0.15) is 26.2 Å². The van der Waals surface area contributed by atoms with Gasteiger partial charge in [0.25, 0.3) is 0 Å². The molecule has 1 aliphatic rings. The van der Waals surface area contributed by atoms with Crippen molar-refractivity contribution in [2.75, 3.05) is 6.54 Å². The second-order valence-corrected chi connectivity index (χ2v) is 6.72. The Morgan fingerprint density at radius 3 is 2.70 bits per heavy atom. The smallest absolute Gasteiger partial charge is 0.258 e. The van der Waals surface area contributed by atoms with E-state index in [1.807, 2.05) is 0 Å². The van der Waals surface area contributed by atoms with Crippen LogP contribution in [0.2, 0.25) is 0 Å². The van der Waals surface area contributed by atoms with Crippen LogP contribution in [0.3, 0.4) is 0 Å². The minimum atomic E-state index is -3.82. The van der Waals surface area contributed by atoms with E-state index in [1.54, 1.807) is 6.92 Å². The Morgan fingerprint density at radius 1 is 1.40 bits per heavy atom. The van der Waals surface area contributed by atoms with E-state index in [1.165, 1.54) is 4.31 Å². The van der Waals surface area contributed by atoms with Crippen molar-refractivity contribution in [3.05, 3.63) is 34.1 Å². The zero-order valence-electron chi connectivity index (χ0n) is 11.0. The average molecular weight is 302 g/mol. The lowest BCUT2D eigenvalue weighted by Crippen LogP contribution is -2.41. The molecule has 0 saturated carbocycles. The van der Waals surface area contributed by atoms with Gasteiger partial charge in [0.1, 0.15) is 0 Å². The highest BCUT2D eigenvalue weighted by Gasteiger charge is 2.32. The van der Waals surface area contributed by atoms with Crippen molar-refractivity contribution in [1.29, 1.82) is 0 Å². The number of benzene rings is 1. The fourth-order valence-corrected chi connectivity index (χ4v) is 4.08. The Balaban J connectivity index is 2.44. The lowest BCUT2D eigenvalue weighted by Gasteiger charge is -2.32. The summed E-state index contributed by atoms with van der Waals surface area (Å²) in [5, 5.41) is 10.7. The van der Waals surface area contributed by atoms with Crippen LogP contribution < -0.4 is 0 Å². The SMILES string of the molecule is C[C@H]1CCCCN1S(=O)(=O)c1ccc(F)c([N+](=O)[O-])c1. The van der Waals surface area contributed by atoms with Gasteiger partial charge in [-0.05, 0) is 31.9 Å². The van der Waals surface area contributed by atoms with Crippen LogP contribution in [0.4, 0.5) is 10.1 Å². The zero-order valence-corrected chi connectivity index (χ0v) is 11.8. The zero-order chi connectivity index (χ0) is 14.9. The summed E-state index contributed by atoms with van der Waals surface area (Å²) in [5.41, 5.74) is -0.823. The molecule has 1 aliphatic heterocycles. The second-order valence-electron chi connectivity index (χ2n) is 4.83. The summed E-state index contributed by atoms with van der Waals surface area (Å²) in [6.07, 6.45) is 2.46. The molecule has 0 spiro atoms. The third kappa shape index (κ3) is 2.66. The molecule has 6 nitrogen and oxygen atoms in total. The molecule has 0 aliphatic carbocycles.